The fraction of sp³-hybridized carbons (Fsp3) is 0.833. The number of ether oxygens (including phenoxy) is 2. The van der Waals surface area contributed by atoms with Gasteiger partial charge in [0, 0.05) is 12.5 Å². The number of hydrogen-bond donors (Lipinski definition) is 1. The van der Waals surface area contributed by atoms with Gasteiger partial charge < -0.3 is 14.6 Å². The van der Waals surface area contributed by atoms with Gasteiger partial charge in [0.2, 0.25) is 0 Å². The number of aliphatic hydroxyl groups is 1. The number of aliphatic hydroxyl groups excluding tert-OH is 1. The molecule has 1 atom stereocenters. The summed E-state index contributed by atoms with van der Waals surface area (Å²) in [5, 5.41) is 8.50. The minimum Gasteiger partial charge on any atom is -0.396 e. The van der Waals surface area contributed by atoms with Crippen LogP contribution in [0.3, 0.4) is 0 Å². The molecule has 0 saturated heterocycles. The average molecular weight is 133 g/mol. The van der Waals surface area contributed by atoms with E-state index in [9.17, 15) is 0 Å². The Bertz CT molecular complexity index is 56.3. The van der Waals surface area contributed by atoms with E-state index in [-0.39, 0.29) is 19.3 Å². The van der Waals surface area contributed by atoms with Crippen LogP contribution in [0.4, 0.5) is 0 Å². The molecule has 0 aliphatic rings. The summed E-state index contributed by atoms with van der Waals surface area (Å²) in [6, 6.07) is 0. The van der Waals surface area contributed by atoms with Crippen LogP contribution in [0.15, 0.2) is 0 Å². The van der Waals surface area contributed by atoms with Gasteiger partial charge in [0.15, 0.2) is 0 Å². The molecule has 0 fully saturated rings. The van der Waals surface area contributed by atoms with Gasteiger partial charge in [-0.15, -0.1) is 0 Å². The summed E-state index contributed by atoms with van der Waals surface area (Å²) in [5.41, 5.74) is 0. The summed E-state index contributed by atoms with van der Waals surface area (Å²) in [6.07, 6.45) is 0. The van der Waals surface area contributed by atoms with Crippen LogP contribution >= 0.6 is 0 Å². The van der Waals surface area contributed by atoms with Gasteiger partial charge in [-0.1, -0.05) is 6.92 Å². The lowest BCUT2D eigenvalue weighted by Gasteiger charge is -2.06. The smallest absolute Gasteiger partial charge is 0.146 e. The quantitative estimate of drug-likeness (QED) is 0.435. The SMILES string of the molecule is [CH2]OCOCC(C)CO. The molecule has 1 unspecified atom stereocenters. The third-order valence-electron chi connectivity index (χ3n) is 0.881. The molecule has 0 saturated carbocycles. The molecule has 0 bridgehead atoms. The van der Waals surface area contributed by atoms with Gasteiger partial charge in [-0.25, -0.2) is 0 Å². The third-order valence-corrected chi connectivity index (χ3v) is 0.881. The second-order valence-electron chi connectivity index (χ2n) is 1.98. The minimum absolute atomic E-state index is 0.150. The lowest BCUT2D eigenvalue weighted by atomic mass is 10.2. The molecule has 1 radical (unpaired) electrons. The first-order valence-corrected chi connectivity index (χ1v) is 2.86. The highest BCUT2D eigenvalue weighted by Crippen LogP contribution is 1.92. The zero-order chi connectivity index (χ0) is 7.11. The average Bonchev–Trinajstić information content (AvgIpc) is 1.89. The maximum Gasteiger partial charge on any atom is 0.146 e. The third kappa shape index (κ3) is 5.76. The molecule has 0 amide bonds. The Morgan fingerprint density at radius 2 is 2.33 bits per heavy atom. The molecule has 55 valence electrons. The standard InChI is InChI=1S/C6H13O3/c1-6(3-7)4-9-5-8-2/h6-7H,2-5H2,1H3. The minimum atomic E-state index is 0.150. The summed E-state index contributed by atoms with van der Waals surface area (Å²) >= 11 is 0. The molecular weight excluding hydrogens is 120 g/mol. The first-order valence-electron chi connectivity index (χ1n) is 2.86. The maximum atomic E-state index is 8.50. The topological polar surface area (TPSA) is 38.7 Å². The fourth-order valence-electron chi connectivity index (χ4n) is 0.361. The lowest BCUT2D eigenvalue weighted by molar-refractivity contribution is -0.0327. The Hall–Kier alpha value is -0.120. The van der Waals surface area contributed by atoms with Crippen LogP contribution in [-0.2, 0) is 9.47 Å². The molecule has 9 heavy (non-hydrogen) atoms. The van der Waals surface area contributed by atoms with E-state index in [0.29, 0.717) is 6.61 Å². The molecule has 0 aromatic rings. The van der Waals surface area contributed by atoms with Crippen LogP contribution in [-0.4, -0.2) is 25.1 Å². The van der Waals surface area contributed by atoms with Gasteiger partial charge in [0.1, 0.15) is 6.79 Å². The second kappa shape index (κ2) is 6.01. The van der Waals surface area contributed by atoms with E-state index in [0.717, 1.165) is 0 Å². The molecule has 0 aliphatic heterocycles. The Labute approximate surface area is 55.6 Å². The molecular formula is C6H13O3. The second-order valence-corrected chi connectivity index (χ2v) is 1.98. The van der Waals surface area contributed by atoms with E-state index in [2.05, 4.69) is 11.8 Å². The van der Waals surface area contributed by atoms with Crippen LogP contribution in [0.25, 0.3) is 0 Å². The van der Waals surface area contributed by atoms with E-state index in [1.807, 2.05) is 6.92 Å². The van der Waals surface area contributed by atoms with Crippen LogP contribution in [0.2, 0.25) is 0 Å². The van der Waals surface area contributed by atoms with Crippen LogP contribution in [0.5, 0.6) is 0 Å². The first-order chi connectivity index (χ1) is 4.31. The van der Waals surface area contributed by atoms with Crippen molar-refractivity contribution >= 4 is 0 Å². The zero-order valence-electron chi connectivity index (χ0n) is 5.67. The molecule has 0 aromatic heterocycles. The molecule has 0 heterocycles. The van der Waals surface area contributed by atoms with Crippen molar-refractivity contribution in [3.8, 4) is 0 Å². The predicted octanol–water partition coefficient (Wildman–Crippen LogP) is 0.397. The van der Waals surface area contributed by atoms with Crippen molar-refractivity contribution in [2.75, 3.05) is 20.0 Å². The van der Waals surface area contributed by atoms with E-state index < -0.39 is 0 Å². The summed E-state index contributed by atoms with van der Waals surface area (Å²) < 4.78 is 9.27. The Kier molecular flexibility index (Phi) is 5.93. The van der Waals surface area contributed by atoms with Crippen molar-refractivity contribution < 1.29 is 14.6 Å². The molecule has 0 spiro atoms. The lowest BCUT2D eigenvalue weighted by Crippen LogP contribution is -2.10. The molecule has 3 heteroatoms. The van der Waals surface area contributed by atoms with Crippen LogP contribution in [0, 0.1) is 13.0 Å². The monoisotopic (exact) mass is 133 g/mol. The van der Waals surface area contributed by atoms with Crippen molar-refractivity contribution in [3.05, 3.63) is 7.11 Å². The zero-order valence-corrected chi connectivity index (χ0v) is 5.67. The van der Waals surface area contributed by atoms with Crippen LogP contribution < -0.4 is 0 Å². The van der Waals surface area contributed by atoms with E-state index >= 15 is 0 Å². The predicted molar refractivity (Wildman–Crippen MR) is 33.5 cm³/mol. The molecule has 3 nitrogen and oxygen atoms in total. The Morgan fingerprint density at radius 3 is 2.78 bits per heavy atom. The molecule has 1 N–H and O–H groups in total. The normalized spacial score (nSPS) is 13.7. The van der Waals surface area contributed by atoms with Gasteiger partial charge in [-0.2, -0.15) is 0 Å². The van der Waals surface area contributed by atoms with Crippen molar-refractivity contribution in [2.24, 2.45) is 5.92 Å². The van der Waals surface area contributed by atoms with Gasteiger partial charge >= 0.3 is 0 Å². The van der Waals surface area contributed by atoms with Gasteiger partial charge in [-0.3, -0.25) is 0 Å². The summed E-state index contributed by atoms with van der Waals surface area (Å²) in [6.45, 7) is 2.76. The highest BCUT2D eigenvalue weighted by atomic mass is 16.7. The molecule has 0 rings (SSSR count). The summed E-state index contributed by atoms with van der Waals surface area (Å²) in [4.78, 5) is 0. The van der Waals surface area contributed by atoms with Crippen molar-refractivity contribution in [1.82, 2.24) is 0 Å². The first kappa shape index (κ1) is 8.88. The molecule has 0 aliphatic carbocycles. The summed E-state index contributed by atoms with van der Waals surface area (Å²) in [5.74, 6) is 0.181. The van der Waals surface area contributed by atoms with Gasteiger partial charge in [-0.05, 0) is 0 Å². The largest absolute Gasteiger partial charge is 0.396 e. The van der Waals surface area contributed by atoms with Gasteiger partial charge in [0.05, 0.1) is 13.7 Å². The number of rotatable bonds is 5. The highest BCUT2D eigenvalue weighted by molar-refractivity contribution is 4.44. The molecule has 0 aromatic carbocycles. The number of hydrogen-bond acceptors (Lipinski definition) is 3. The van der Waals surface area contributed by atoms with E-state index in [4.69, 9.17) is 9.84 Å². The van der Waals surface area contributed by atoms with Crippen molar-refractivity contribution in [3.63, 3.8) is 0 Å². The fourth-order valence-corrected chi connectivity index (χ4v) is 0.361. The Balaban J connectivity index is 2.88. The van der Waals surface area contributed by atoms with Gasteiger partial charge in [0.25, 0.3) is 0 Å². The highest BCUT2D eigenvalue weighted by Gasteiger charge is 1.97. The van der Waals surface area contributed by atoms with Crippen molar-refractivity contribution in [2.45, 2.75) is 6.92 Å². The Morgan fingerprint density at radius 1 is 1.67 bits per heavy atom. The van der Waals surface area contributed by atoms with Crippen LogP contribution in [0.1, 0.15) is 6.92 Å². The van der Waals surface area contributed by atoms with E-state index in [1.165, 1.54) is 0 Å². The summed E-state index contributed by atoms with van der Waals surface area (Å²) in [7, 11) is 3.12. The maximum absolute atomic E-state index is 8.50. The van der Waals surface area contributed by atoms with Crippen molar-refractivity contribution in [1.29, 1.82) is 0 Å². The van der Waals surface area contributed by atoms with E-state index in [1.54, 1.807) is 0 Å².